The Morgan fingerprint density at radius 1 is 0.814 bits per heavy atom. The van der Waals surface area contributed by atoms with Gasteiger partial charge in [0, 0.05) is 23.0 Å². The first-order chi connectivity index (χ1) is 19.5. The molecule has 43 heavy (non-hydrogen) atoms. The van der Waals surface area contributed by atoms with E-state index in [0.717, 1.165) is 18.2 Å². The number of benzene rings is 2. The lowest BCUT2D eigenvalue weighted by Crippen LogP contribution is -2.59. The summed E-state index contributed by atoms with van der Waals surface area (Å²) in [5.41, 5.74) is -13.8. The maximum Gasteiger partial charge on any atom is 0.457 e. The summed E-state index contributed by atoms with van der Waals surface area (Å²) < 4.78 is 162. The second-order valence-corrected chi connectivity index (χ2v) is 9.49. The molecule has 1 atom stereocenters. The molecule has 1 unspecified atom stereocenters. The summed E-state index contributed by atoms with van der Waals surface area (Å²) in [7, 11) is 0. The van der Waals surface area contributed by atoms with Gasteiger partial charge in [-0.1, -0.05) is 23.7 Å². The second-order valence-electron chi connectivity index (χ2n) is 8.42. The Morgan fingerprint density at radius 3 is 1.98 bits per heavy atom. The Bertz CT molecular complexity index is 1540. The number of hydrogen-bond donors (Lipinski definition) is 1. The lowest BCUT2D eigenvalue weighted by molar-refractivity contribution is -0.389. The van der Waals surface area contributed by atoms with E-state index in [-0.39, 0.29) is 26.4 Å². The quantitative estimate of drug-likeness (QED) is 0.158. The van der Waals surface area contributed by atoms with Crippen molar-refractivity contribution in [3.8, 4) is 0 Å². The number of pyridine rings is 1. The largest absolute Gasteiger partial charge is 0.457 e. The highest BCUT2D eigenvalue weighted by atomic mass is 79.9. The molecule has 3 aromatic rings. The molecular weight excluding hydrogens is 706 g/mol. The van der Waals surface area contributed by atoms with E-state index >= 15 is 0 Å². The summed E-state index contributed by atoms with van der Waals surface area (Å²) in [5, 5.41) is 2.14. The van der Waals surface area contributed by atoms with Crippen molar-refractivity contribution in [1.29, 1.82) is 0 Å². The number of halogens is 14. The van der Waals surface area contributed by atoms with E-state index in [4.69, 9.17) is 11.6 Å². The SMILES string of the molecule is O=C(Nc1cccc(C(=O)N(Br)c2ccc(C(F)(C(F)(F)F)C(F)(F)C(F)(F)F)cc2C(F)(F)F)c1)c1cccnc1Cl. The van der Waals surface area contributed by atoms with Crippen molar-refractivity contribution in [2.75, 3.05) is 9.24 Å². The first-order valence-electron chi connectivity index (χ1n) is 11.0. The van der Waals surface area contributed by atoms with Gasteiger partial charge >= 0.3 is 30.1 Å². The molecule has 0 saturated carbocycles. The van der Waals surface area contributed by atoms with Crippen LogP contribution in [0.1, 0.15) is 31.8 Å². The monoisotopic (exact) mass is 715 g/mol. The zero-order chi connectivity index (χ0) is 32.8. The van der Waals surface area contributed by atoms with Gasteiger partial charge in [-0.2, -0.15) is 48.3 Å². The Labute approximate surface area is 245 Å². The fourth-order valence-corrected chi connectivity index (χ4v) is 4.29. The number of rotatable bonds is 6. The van der Waals surface area contributed by atoms with E-state index in [1.165, 1.54) is 24.4 Å². The maximum absolute atomic E-state index is 14.8. The summed E-state index contributed by atoms with van der Waals surface area (Å²) in [5.74, 6) is -9.43. The van der Waals surface area contributed by atoms with Gasteiger partial charge in [-0.05, 0) is 42.5 Å². The molecule has 2 aromatic carbocycles. The first kappa shape index (κ1) is 34.0. The first-order valence-corrected chi connectivity index (χ1v) is 12.1. The third-order valence-electron chi connectivity index (χ3n) is 5.64. The number of aromatic nitrogens is 1. The van der Waals surface area contributed by atoms with Crippen LogP contribution in [0.25, 0.3) is 0 Å². The van der Waals surface area contributed by atoms with E-state index < -0.39 is 76.4 Å². The average Bonchev–Trinajstić information content (AvgIpc) is 2.90. The number of carbonyl (C=O) groups is 2. The van der Waals surface area contributed by atoms with E-state index in [0.29, 0.717) is 0 Å². The molecule has 3 rings (SSSR count). The summed E-state index contributed by atoms with van der Waals surface area (Å²) in [6, 6.07) is 5.62. The lowest BCUT2D eigenvalue weighted by atomic mass is 9.86. The van der Waals surface area contributed by atoms with Gasteiger partial charge in [0.2, 0.25) is 0 Å². The van der Waals surface area contributed by atoms with Crippen LogP contribution in [0.2, 0.25) is 5.15 Å². The maximum atomic E-state index is 14.8. The van der Waals surface area contributed by atoms with Crippen LogP contribution in [0.5, 0.6) is 0 Å². The van der Waals surface area contributed by atoms with Crippen LogP contribution in [0.4, 0.5) is 64.1 Å². The molecule has 232 valence electrons. The Kier molecular flexibility index (Phi) is 9.09. The smallest absolute Gasteiger partial charge is 0.322 e. The molecule has 0 aliphatic rings. The molecule has 5 nitrogen and oxygen atoms in total. The summed E-state index contributed by atoms with van der Waals surface area (Å²) in [6.45, 7) is 0. The average molecular weight is 717 g/mol. The summed E-state index contributed by atoms with van der Waals surface area (Å²) >= 11 is 8.29. The molecule has 1 aromatic heterocycles. The van der Waals surface area contributed by atoms with Crippen LogP contribution in [0.3, 0.4) is 0 Å². The van der Waals surface area contributed by atoms with Crippen molar-refractivity contribution in [3.63, 3.8) is 0 Å². The number of nitrogens with one attached hydrogen (secondary N) is 1. The molecule has 0 saturated heterocycles. The van der Waals surface area contributed by atoms with Crippen molar-refractivity contribution < 1.29 is 62.3 Å². The molecule has 0 bridgehead atoms. The number of hydrogen-bond acceptors (Lipinski definition) is 3. The Morgan fingerprint density at radius 2 is 1.44 bits per heavy atom. The lowest BCUT2D eigenvalue weighted by Gasteiger charge is -2.36. The summed E-state index contributed by atoms with van der Waals surface area (Å²) in [4.78, 5) is 29.1. The third-order valence-corrected chi connectivity index (χ3v) is 6.65. The molecule has 0 aliphatic heterocycles. The molecule has 2 amide bonds. The minimum absolute atomic E-state index is 0.00603. The van der Waals surface area contributed by atoms with Gasteiger partial charge in [0.15, 0.2) is 0 Å². The van der Waals surface area contributed by atoms with Crippen LogP contribution in [0.15, 0.2) is 60.8 Å². The van der Waals surface area contributed by atoms with Crippen LogP contribution >= 0.6 is 27.7 Å². The number of amides is 2. The van der Waals surface area contributed by atoms with E-state index in [9.17, 15) is 62.3 Å². The van der Waals surface area contributed by atoms with Gasteiger partial charge in [-0.25, -0.2) is 13.3 Å². The van der Waals surface area contributed by atoms with Gasteiger partial charge in [-0.3, -0.25) is 9.59 Å². The number of alkyl halides is 12. The molecule has 19 heteroatoms. The summed E-state index contributed by atoms with van der Waals surface area (Å²) in [6.07, 6.45) is -18.8. The van der Waals surface area contributed by atoms with Gasteiger partial charge < -0.3 is 5.32 Å². The molecule has 0 radical (unpaired) electrons. The molecule has 1 N–H and O–H groups in total. The molecule has 1 heterocycles. The number of nitrogens with zero attached hydrogens (tertiary/aromatic N) is 2. The fourth-order valence-electron chi connectivity index (χ4n) is 3.57. The molecule has 0 spiro atoms. The molecule has 0 fully saturated rings. The second kappa shape index (κ2) is 11.5. The topological polar surface area (TPSA) is 62.3 Å². The van der Waals surface area contributed by atoms with Gasteiger partial charge in [0.1, 0.15) is 5.15 Å². The highest BCUT2D eigenvalue weighted by Gasteiger charge is 2.81. The van der Waals surface area contributed by atoms with Gasteiger partial charge in [-0.15, -0.1) is 0 Å². The van der Waals surface area contributed by atoms with Gasteiger partial charge in [0.05, 0.1) is 33.0 Å². The minimum Gasteiger partial charge on any atom is -0.322 e. The Balaban J connectivity index is 2.06. The standard InChI is InChI=1S/C24H11BrClF12N3O2/c25-41(19(43)11-3-1-4-13(9-11)40-18(42)14-5-2-8-39-17(14)26)16-7-6-12(10-15(16)21(28,29)30)20(27,23(33,34)35)22(31,32)24(36,37)38/h1-10H,(H,40,42). The molecule has 0 aliphatic carbocycles. The zero-order valence-electron chi connectivity index (χ0n) is 20.3. The predicted molar refractivity (Wildman–Crippen MR) is 131 cm³/mol. The van der Waals surface area contributed by atoms with E-state index in [1.54, 1.807) is 0 Å². The Hall–Kier alpha value is -3.54. The van der Waals surface area contributed by atoms with Crippen molar-refractivity contribution in [2.24, 2.45) is 0 Å². The van der Waals surface area contributed by atoms with E-state index in [1.807, 2.05) is 0 Å². The predicted octanol–water partition coefficient (Wildman–Crippen LogP) is 8.89. The van der Waals surface area contributed by atoms with Gasteiger partial charge in [0.25, 0.3) is 11.8 Å². The van der Waals surface area contributed by atoms with Crippen molar-refractivity contribution >= 4 is 50.9 Å². The van der Waals surface area contributed by atoms with Crippen LogP contribution in [0, 0.1) is 0 Å². The number of anilines is 2. The highest BCUT2D eigenvalue weighted by Crippen LogP contribution is 2.59. The van der Waals surface area contributed by atoms with Crippen molar-refractivity contribution in [1.82, 2.24) is 4.98 Å². The van der Waals surface area contributed by atoms with Crippen LogP contribution in [-0.4, -0.2) is 35.1 Å². The zero-order valence-corrected chi connectivity index (χ0v) is 22.6. The molecular formula is C24H11BrClF12N3O2. The number of carbonyl (C=O) groups excluding carboxylic acids is 2. The van der Waals surface area contributed by atoms with E-state index in [2.05, 4.69) is 26.4 Å². The van der Waals surface area contributed by atoms with Crippen LogP contribution < -0.4 is 9.24 Å². The normalized spacial score (nSPS) is 14.2. The fraction of sp³-hybridized carbons (Fsp3) is 0.208. The highest BCUT2D eigenvalue weighted by molar-refractivity contribution is 9.10. The third kappa shape index (κ3) is 6.39. The van der Waals surface area contributed by atoms with Crippen molar-refractivity contribution in [3.05, 3.63) is 88.2 Å². The van der Waals surface area contributed by atoms with Crippen molar-refractivity contribution in [2.45, 2.75) is 30.1 Å². The minimum atomic E-state index is -7.22. The van der Waals surface area contributed by atoms with Crippen LogP contribution in [-0.2, 0) is 11.8 Å².